The molecule has 0 aliphatic heterocycles. The van der Waals surface area contributed by atoms with Gasteiger partial charge in [-0.25, -0.2) is 4.98 Å². The van der Waals surface area contributed by atoms with Crippen molar-refractivity contribution in [3.8, 4) is 17.0 Å². The summed E-state index contributed by atoms with van der Waals surface area (Å²) in [6, 6.07) is 11.4. The number of rotatable bonds is 8. The first-order chi connectivity index (χ1) is 15.5. The average Bonchev–Trinajstić information content (AvgIpc) is 3.20. The maximum Gasteiger partial charge on any atom is 0.251 e. The lowest BCUT2D eigenvalue weighted by Crippen LogP contribution is -2.24. The van der Waals surface area contributed by atoms with Crippen LogP contribution in [0, 0.1) is 13.8 Å². The highest BCUT2D eigenvalue weighted by molar-refractivity contribution is 5.99. The number of hydrogen-bond acceptors (Lipinski definition) is 6. The molecule has 0 aliphatic carbocycles. The van der Waals surface area contributed by atoms with Gasteiger partial charge in [0.2, 0.25) is 0 Å². The molecule has 0 fully saturated rings. The third-order valence-electron chi connectivity index (χ3n) is 5.24. The minimum Gasteiger partial charge on any atom is -0.493 e. The quantitative estimate of drug-likeness (QED) is 0.412. The lowest BCUT2D eigenvalue weighted by Gasteiger charge is -2.12. The van der Waals surface area contributed by atoms with Crippen molar-refractivity contribution in [2.45, 2.75) is 33.6 Å². The van der Waals surface area contributed by atoms with Crippen molar-refractivity contribution in [1.29, 1.82) is 0 Å². The molecular formula is C24H26N6O2. The van der Waals surface area contributed by atoms with Crippen molar-refractivity contribution in [3.05, 3.63) is 65.2 Å². The van der Waals surface area contributed by atoms with Gasteiger partial charge in [0.05, 0.1) is 29.2 Å². The third kappa shape index (κ3) is 4.74. The van der Waals surface area contributed by atoms with E-state index >= 15 is 0 Å². The largest absolute Gasteiger partial charge is 0.493 e. The molecule has 0 aliphatic rings. The number of aryl methyl sites for hydroxylation is 3. The van der Waals surface area contributed by atoms with E-state index in [0.717, 1.165) is 52.3 Å². The second-order valence-corrected chi connectivity index (χ2v) is 7.59. The first-order valence-electron chi connectivity index (χ1n) is 10.7. The number of pyridine rings is 2. The Balaban J connectivity index is 1.55. The number of carbonyl (C=O) groups is 1. The minimum atomic E-state index is -0.128. The van der Waals surface area contributed by atoms with E-state index < -0.39 is 0 Å². The average molecular weight is 431 g/mol. The van der Waals surface area contributed by atoms with E-state index in [-0.39, 0.29) is 5.91 Å². The van der Waals surface area contributed by atoms with Crippen LogP contribution in [0.1, 0.15) is 40.8 Å². The molecule has 0 atom stereocenters. The number of benzene rings is 1. The van der Waals surface area contributed by atoms with Gasteiger partial charge in [0.25, 0.3) is 5.91 Å². The van der Waals surface area contributed by atoms with Gasteiger partial charge in [-0.3, -0.25) is 14.9 Å². The summed E-state index contributed by atoms with van der Waals surface area (Å²) in [5.74, 6) is 0.619. The number of aromatic nitrogens is 5. The van der Waals surface area contributed by atoms with Crippen molar-refractivity contribution in [2.75, 3.05) is 13.2 Å². The molecule has 0 saturated heterocycles. The second kappa shape index (κ2) is 9.55. The van der Waals surface area contributed by atoms with E-state index in [0.29, 0.717) is 24.2 Å². The number of fused-ring (bicyclic) bond motifs is 1. The molecule has 0 unspecified atom stereocenters. The number of carbonyl (C=O) groups excluding carboxylic acids is 1. The molecule has 2 N–H and O–H groups in total. The Morgan fingerprint density at radius 3 is 2.78 bits per heavy atom. The van der Waals surface area contributed by atoms with Gasteiger partial charge in [-0.05, 0) is 63.9 Å². The lowest BCUT2D eigenvalue weighted by atomic mass is 10.1. The zero-order valence-corrected chi connectivity index (χ0v) is 18.5. The number of nitrogens with zero attached hydrogens (tertiary/aromatic N) is 4. The van der Waals surface area contributed by atoms with Gasteiger partial charge in [0.15, 0.2) is 0 Å². The van der Waals surface area contributed by atoms with E-state index in [9.17, 15) is 4.79 Å². The topological polar surface area (TPSA) is 106 Å². The van der Waals surface area contributed by atoms with Gasteiger partial charge in [-0.1, -0.05) is 5.21 Å². The van der Waals surface area contributed by atoms with Crippen molar-refractivity contribution in [1.82, 2.24) is 30.7 Å². The van der Waals surface area contributed by atoms with Crippen LogP contribution in [0.25, 0.3) is 22.2 Å². The maximum absolute atomic E-state index is 12.7. The molecule has 164 valence electrons. The van der Waals surface area contributed by atoms with E-state index in [1.165, 1.54) is 0 Å². The van der Waals surface area contributed by atoms with Crippen molar-refractivity contribution in [2.24, 2.45) is 0 Å². The minimum absolute atomic E-state index is 0.128. The number of nitrogens with one attached hydrogen (secondary N) is 2. The number of hydrogen-bond donors (Lipinski definition) is 2. The van der Waals surface area contributed by atoms with Crippen molar-refractivity contribution < 1.29 is 9.53 Å². The summed E-state index contributed by atoms with van der Waals surface area (Å²) in [6.07, 6.45) is 3.34. The van der Waals surface area contributed by atoms with Crippen LogP contribution in [0.5, 0.6) is 5.75 Å². The molecule has 1 amide bonds. The molecule has 0 radical (unpaired) electrons. The predicted molar refractivity (Wildman–Crippen MR) is 123 cm³/mol. The molecule has 0 spiro atoms. The van der Waals surface area contributed by atoms with Crippen LogP contribution in [0.15, 0.2) is 42.6 Å². The molecule has 8 heteroatoms. The molecule has 4 rings (SSSR count). The molecule has 4 aromatic rings. The Morgan fingerprint density at radius 2 is 2.03 bits per heavy atom. The molecule has 0 bridgehead atoms. The first kappa shape index (κ1) is 21.4. The molecule has 1 aromatic carbocycles. The third-order valence-corrected chi connectivity index (χ3v) is 5.24. The number of amides is 1. The molecule has 3 heterocycles. The van der Waals surface area contributed by atoms with Crippen LogP contribution in [0.2, 0.25) is 0 Å². The van der Waals surface area contributed by atoms with Crippen LogP contribution < -0.4 is 10.1 Å². The molecular weight excluding hydrogens is 404 g/mol. The Morgan fingerprint density at radius 1 is 1.16 bits per heavy atom. The van der Waals surface area contributed by atoms with Crippen molar-refractivity contribution >= 4 is 16.8 Å². The standard InChI is InChI=1S/C24H26N6O2/c1-4-32-23-14-21(17-9-11-25-15(2)12-17)27-22-13-18(7-8-19(22)23)24(31)26-10-5-6-20-16(3)28-30-29-20/h7-9,11-14H,4-6,10H2,1-3H3,(H,26,31)(H,28,29,30). The fraction of sp³-hybridized carbons (Fsp3) is 0.292. The van der Waals surface area contributed by atoms with Crippen LogP contribution in [-0.2, 0) is 6.42 Å². The summed E-state index contributed by atoms with van der Waals surface area (Å²) >= 11 is 0. The van der Waals surface area contributed by atoms with Crippen LogP contribution in [0.4, 0.5) is 0 Å². The van der Waals surface area contributed by atoms with Crippen LogP contribution >= 0.6 is 0 Å². The monoisotopic (exact) mass is 430 g/mol. The summed E-state index contributed by atoms with van der Waals surface area (Å²) in [6.45, 7) is 6.91. The number of ether oxygens (including phenoxy) is 1. The van der Waals surface area contributed by atoms with Crippen LogP contribution in [-0.4, -0.2) is 44.4 Å². The fourth-order valence-electron chi connectivity index (χ4n) is 3.57. The highest BCUT2D eigenvalue weighted by Gasteiger charge is 2.13. The summed E-state index contributed by atoms with van der Waals surface area (Å²) < 4.78 is 5.87. The molecule has 0 saturated carbocycles. The lowest BCUT2D eigenvalue weighted by molar-refractivity contribution is 0.0953. The maximum atomic E-state index is 12.7. The van der Waals surface area contributed by atoms with Gasteiger partial charge >= 0.3 is 0 Å². The first-order valence-corrected chi connectivity index (χ1v) is 10.7. The Labute approximate surface area is 186 Å². The van der Waals surface area contributed by atoms with E-state index in [1.54, 1.807) is 12.3 Å². The highest BCUT2D eigenvalue weighted by Crippen LogP contribution is 2.31. The van der Waals surface area contributed by atoms with E-state index in [2.05, 4.69) is 25.7 Å². The van der Waals surface area contributed by atoms with Gasteiger partial charge in [-0.15, -0.1) is 5.10 Å². The van der Waals surface area contributed by atoms with Gasteiger partial charge in [0.1, 0.15) is 5.75 Å². The van der Waals surface area contributed by atoms with Crippen LogP contribution in [0.3, 0.4) is 0 Å². The van der Waals surface area contributed by atoms with E-state index in [1.807, 2.05) is 51.1 Å². The second-order valence-electron chi connectivity index (χ2n) is 7.59. The molecule has 3 aromatic heterocycles. The number of H-pyrrole nitrogens is 1. The smallest absolute Gasteiger partial charge is 0.251 e. The van der Waals surface area contributed by atoms with Gasteiger partial charge in [-0.2, -0.15) is 0 Å². The number of aromatic amines is 1. The van der Waals surface area contributed by atoms with Crippen molar-refractivity contribution in [3.63, 3.8) is 0 Å². The summed E-state index contributed by atoms with van der Waals surface area (Å²) in [5.41, 5.74) is 5.82. The summed E-state index contributed by atoms with van der Waals surface area (Å²) in [7, 11) is 0. The zero-order valence-electron chi connectivity index (χ0n) is 18.5. The highest BCUT2D eigenvalue weighted by atomic mass is 16.5. The SMILES string of the molecule is CCOc1cc(-c2ccnc(C)c2)nc2cc(C(=O)NCCCc3[nH]nnc3C)ccc12. The molecule has 8 nitrogen and oxygen atoms in total. The Hall–Kier alpha value is -3.81. The summed E-state index contributed by atoms with van der Waals surface area (Å²) in [4.78, 5) is 21.8. The molecule has 32 heavy (non-hydrogen) atoms. The van der Waals surface area contributed by atoms with E-state index in [4.69, 9.17) is 9.72 Å². The Kier molecular flexibility index (Phi) is 6.39. The summed E-state index contributed by atoms with van der Waals surface area (Å²) in [5, 5.41) is 14.5. The predicted octanol–water partition coefficient (Wildman–Crippen LogP) is 3.79. The zero-order chi connectivity index (χ0) is 22.5. The normalized spacial score (nSPS) is 11.0. The van der Waals surface area contributed by atoms with Gasteiger partial charge in [0, 0.05) is 41.0 Å². The Bertz CT molecular complexity index is 1250. The van der Waals surface area contributed by atoms with Gasteiger partial charge < -0.3 is 10.1 Å². The fourth-order valence-corrected chi connectivity index (χ4v) is 3.57.